The molecule has 0 bridgehead atoms. The first-order chi connectivity index (χ1) is 36.2. The lowest BCUT2D eigenvalue weighted by Gasteiger charge is -2.30. The Balaban J connectivity index is 0.000000406. The van der Waals surface area contributed by atoms with Crippen molar-refractivity contribution in [3.63, 3.8) is 0 Å². The van der Waals surface area contributed by atoms with Gasteiger partial charge in [-0.3, -0.25) is 14.7 Å². The van der Waals surface area contributed by atoms with Crippen molar-refractivity contribution in [2.45, 2.75) is 169 Å². The smallest absolute Gasteiger partial charge is 0.288 e. The van der Waals surface area contributed by atoms with Crippen molar-refractivity contribution in [3.05, 3.63) is 111 Å². The van der Waals surface area contributed by atoms with Crippen molar-refractivity contribution in [1.29, 1.82) is 0 Å². The van der Waals surface area contributed by atoms with Gasteiger partial charge in [-0.15, -0.1) is 0 Å². The summed E-state index contributed by atoms with van der Waals surface area (Å²) in [5.41, 5.74) is 13.1. The van der Waals surface area contributed by atoms with Crippen LogP contribution >= 0.6 is 0 Å². The highest BCUT2D eigenvalue weighted by Crippen LogP contribution is 2.38. The molecule has 5 aliphatic rings. The number of halogens is 7. The van der Waals surface area contributed by atoms with Gasteiger partial charge in [-0.05, 0) is 113 Å². The molecule has 4 heterocycles. The average Bonchev–Trinajstić information content (AvgIpc) is 4.15. The molecule has 0 radical (unpaired) electrons. The molecule has 7 rings (SSSR count). The van der Waals surface area contributed by atoms with Crippen molar-refractivity contribution >= 4 is 0 Å². The van der Waals surface area contributed by atoms with E-state index in [1.165, 1.54) is 76.0 Å². The number of nitrogens with two attached hydrogens (primary N) is 1. The van der Waals surface area contributed by atoms with Gasteiger partial charge in [-0.1, -0.05) is 82.2 Å². The molecule has 6 N–H and O–H groups in total. The van der Waals surface area contributed by atoms with Crippen LogP contribution in [0.1, 0.15) is 136 Å². The molecule has 1 saturated carbocycles. The lowest BCUT2D eigenvalue weighted by atomic mass is 10.0. The molecule has 2 aromatic carbocycles. The first-order valence-electron chi connectivity index (χ1n) is 27.4. The van der Waals surface area contributed by atoms with E-state index in [2.05, 4.69) is 58.3 Å². The minimum absolute atomic E-state index is 0.118. The predicted molar refractivity (Wildman–Crippen MR) is 296 cm³/mol. The van der Waals surface area contributed by atoms with E-state index in [0.717, 1.165) is 109 Å². The van der Waals surface area contributed by atoms with Crippen LogP contribution in [0.4, 0.5) is 30.7 Å². The highest BCUT2D eigenvalue weighted by molar-refractivity contribution is 5.39. The monoisotopic (exact) mass is 1080 g/mol. The second-order valence-corrected chi connectivity index (χ2v) is 20.3. The lowest BCUT2D eigenvalue weighted by Crippen LogP contribution is -2.44. The van der Waals surface area contributed by atoms with Gasteiger partial charge >= 0.3 is 0 Å². The molecule has 0 aromatic heterocycles. The van der Waals surface area contributed by atoms with E-state index in [0.29, 0.717) is 19.0 Å². The number of hydrogen-bond donors (Lipinski definition) is 5. The summed E-state index contributed by atoms with van der Waals surface area (Å²) in [6, 6.07) is 9.65. The number of nitrogens with zero attached hydrogens (tertiary/aromatic N) is 3. The van der Waals surface area contributed by atoms with Crippen LogP contribution < -0.4 is 21.1 Å². The third-order valence-electron chi connectivity index (χ3n) is 13.9. The fraction of sp³-hybridized carbons (Fsp3) is 0.661. The highest BCUT2D eigenvalue weighted by Gasteiger charge is 2.38. The molecule has 3 saturated heterocycles. The number of piperidine rings is 1. The summed E-state index contributed by atoms with van der Waals surface area (Å²) < 4.78 is 107. The molecular weight excluding hydrogens is 990 g/mol. The summed E-state index contributed by atoms with van der Waals surface area (Å²) >= 11 is 0. The second-order valence-electron chi connectivity index (χ2n) is 20.3. The van der Waals surface area contributed by atoms with E-state index in [-0.39, 0.29) is 24.1 Å². The van der Waals surface area contributed by atoms with E-state index in [9.17, 15) is 30.7 Å². The first kappa shape index (κ1) is 68.5. The van der Waals surface area contributed by atoms with Gasteiger partial charge in [0.15, 0.2) is 6.61 Å². The molecule has 4 fully saturated rings. The standard InChI is InChI=1S/C26H32F5N3O.C15H26N2.C14H23F2NO.C2H6.2CH4O/c1-24(32)8-7-21(11-24)34-13-18-4-3-17(9-19(18)14-34)12-33-15-26(30,31)22-6-5-20(27)10-23(22)35-16-25(2,28)29;1-3-5-7-14-12-17(11-13(14)4-2)15-8-6-9-16-10-15;1-4-13(14(15,16)5-2)10-12(3)11-17-6-8-18-9-7-17;3*1-2/h3-6,9-10,21,33H,7-8,11-16,32H2,1-2H3;4,7,15-16H,3,5-6,8-12H2,1-2H3;4,10H,5-9,11H2,1-3H3;1-2H3;2*2H,1H3/b;13-4-,14-7-;12-10+,13-4+;;;. The summed E-state index contributed by atoms with van der Waals surface area (Å²) in [5.74, 6) is -10.8. The third-order valence-corrected chi connectivity index (χ3v) is 13.9. The van der Waals surface area contributed by atoms with Crippen molar-refractivity contribution in [1.82, 2.24) is 25.3 Å². The number of aliphatic hydroxyl groups is 2. The molecule has 3 atom stereocenters. The van der Waals surface area contributed by atoms with Gasteiger partial charge in [0.05, 0.1) is 25.3 Å². The minimum Gasteiger partial charge on any atom is -0.487 e. The summed E-state index contributed by atoms with van der Waals surface area (Å²) in [7, 11) is 2.00. The Labute approximate surface area is 452 Å². The molecule has 1 aliphatic carbocycles. The Morgan fingerprint density at radius 2 is 1.57 bits per heavy atom. The Bertz CT molecular complexity index is 2100. The van der Waals surface area contributed by atoms with E-state index >= 15 is 0 Å². The fourth-order valence-electron chi connectivity index (χ4n) is 9.89. The van der Waals surface area contributed by atoms with E-state index in [4.69, 9.17) is 25.4 Å². The van der Waals surface area contributed by atoms with Gasteiger partial charge in [0.25, 0.3) is 17.8 Å². The zero-order chi connectivity index (χ0) is 57.1. The third kappa shape index (κ3) is 23.0. The van der Waals surface area contributed by atoms with Crippen LogP contribution in [-0.4, -0.2) is 141 Å². The molecule has 434 valence electrons. The molecule has 2 aromatic rings. The molecule has 0 spiro atoms. The number of fused-ring (bicyclic) bond motifs is 1. The second kappa shape index (κ2) is 34.4. The zero-order valence-electron chi connectivity index (χ0n) is 47.8. The van der Waals surface area contributed by atoms with Crippen molar-refractivity contribution < 1.29 is 50.4 Å². The van der Waals surface area contributed by atoms with Gasteiger partial charge in [-0.2, -0.15) is 8.78 Å². The quantitative estimate of drug-likeness (QED) is 0.0774. The SMILES string of the molecule is C/C=C(\C=C(/C)CN1CCOCC1)C(F)(F)CC.C/C=C1/CN(C2CCCNC2)C/C1=C/CCC.CC.CC(F)(F)COc1cc(F)ccc1C(F)(F)CNCc1ccc2c(c1)CN(C1CCC(C)(N)C1)C2.CO.CO. The Morgan fingerprint density at radius 1 is 0.908 bits per heavy atom. The number of benzene rings is 2. The molecule has 17 heteroatoms. The van der Waals surface area contributed by atoms with Crippen LogP contribution in [-0.2, 0) is 30.3 Å². The van der Waals surface area contributed by atoms with Gasteiger partial charge in [0, 0.05) is 116 Å². The maximum atomic E-state index is 14.9. The van der Waals surface area contributed by atoms with Crippen LogP contribution in [0, 0.1) is 5.82 Å². The average molecular weight is 1090 g/mol. The number of allylic oxidation sites excluding steroid dienone is 5. The number of likely N-dealkylation sites (tertiary alicyclic amines) is 1. The van der Waals surface area contributed by atoms with Crippen LogP contribution in [0.15, 0.2) is 83.0 Å². The van der Waals surface area contributed by atoms with Crippen LogP contribution in [0.2, 0.25) is 0 Å². The maximum absolute atomic E-state index is 14.9. The number of alkyl halides is 6. The fourth-order valence-corrected chi connectivity index (χ4v) is 9.89. The van der Waals surface area contributed by atoms with Gasteiger partial charge in [0.1, 0.15) is 11.6 Å². The Kier molecular flexibility index (Phi) is 31.0. The molecule has 4 aliphatic heterocycles. The minimum atomic E-state index is -3.45. The van der Waals surface area contributed by atoms with Crippen LogP contribution in [0.5, 0.6) is 5.75 Å². The summed E-state index contributed by atoms with van der Waals surface area (Å²) in [5, 5.41) is 20.3. The summed E-state index contributed by atoms with van der Waals surface area (Å²) in [6.07, 6.45) is 16.0. The Hall–Kier alpha value is -3.65. The lowest BCUT2D eigenvalue weighted by molar-refractivity contribution is -0.0310. The molecule has 0 amide bonds. The molecular formula is C59H95F7N6O4. The topological polar surface area (TPSA) is 119 Å². The molecule has 3 unspecified atom stereocenters. The Morgan fingerprint density at radius 3 is 2.14 bits per heavy atom. The van der Waals surface area contributed by atoms with E-state index in [1.807, 2.05) is 39.0 Å². The number of ether oxygens (including phenoxy) is 2. The zero-order valence-corrected chi connectivity index (χ0v) is 47.8. The first-order valence-corrected chi connectivity index (χ1v) is 27.4. The number of unbranched alkanes of at least 4 members (excludes halogenated alkanes) is 1. The highest BCUT2D eigenvalue weighted by atomic mass is 19.3. The van der Waals surface area contributed by atoms with Crippen LogP contribution in [0.3, 0.4) is 0 Å². The van der Waals surface area contributed by atoms with Crippen molar-refractivity contribution in [2.75, 3.05) is 86.4 Å². The summed E-state index contributed by atoms with van der Waals surface area (Å²) in [6.45, 7) is 24.9. The van der Waals surface area contributed by atoms with Gasteiger partial charge < -0.3 is 36.1 Å². The van der Waals surface area contributed by atoms with E-state index < -0.39 is 48.0 Å². The number of aliphatic hydroxyl groups excluding tert-OH is 2. The maximum Gasteiger partial charge on any atom is 0.288 e. The van der Waals surface area contributed by atoms with Gasteiger partial charge in [-0.25, -0.2) is 22.0 Å². The number of rotatable bonds is 17. The molecule has 76 heavy (non-hydrogen) atoms. The van der Waals surface area contributed by atoms with Crippen molar-refractivity contribution in [3.8, 4) is 5.75 Å². The molecule has 10 nitrogen and oxygen atoms in total. The number of nitrogens with one attached hydrogen (secondary N) is 2. The van der Waals surface area contributed by atoms with Crippen molar-refractivity contribution in [2.24, 2.45) is 5.73 Å². The van der Waals surface area contributed by atoms with E-state index in [1.54, 1.807) is 24.1 Å². The summed E-state index contributed by atoms with van der Waals surface area (Å²) in [4.78, 5) is 7.32. The number of hydrogen-bond acceptors (Lipinski definition) is 10. The van der Waals surface area contributed by atoms with Gasteiger partial charge in [0.2, 0.25) is 0 Å². The predicted octanol–water partition coefficient (Wildman–Crippen LogP) is 11.6. The van der Waals surface area contributed by atoms with Crippen LogP contribution in [0.25, 0.3) is 0 Å². The number of morpholine rings is 1. The largest absolute Gasteiger partial charge is 0.487 e. The normalized spacial score (nSPS) is 22.7.